The minimum Gasteiger partial charge on any atom is -0.404 e. The Kier molecular flexibility index (Phi) is 17.5. The van der Waals surface area contributed by atoms with Gasteiger partial charge in [0.15, 0.2) is 0 Å². The van der Waals surface area contributed by atoms with Gasteiger partial charge in [-0.05, 0) is 88.8 Å². The molecule has 0 amide bonds. The van der Waals surface area contributed by atoms with Crippen LogP contribution < -0.4 is 27.0 Å². The van der Waals surface area contributed by atoms with Crippen LogP contribution in [0.5, 0.6) is 0 Å². The first-order chi connectivity index (χ1) is 18.0. The molecular weight excluding hydrogens is 470 g/mol. The minimum absolute atomic E-state index is 0.00873. The van der Waals surface area contributed by atoms with E-state index < -0.39 is 6.43 Å². The Bertz CT molecular complexity index is 845. The summed E-state index contributed by atoms with van der Waals surface area (Å²) in [6.07, 6.45) is 6.93. The largest absolute Gasteiger partial charge is 0.404 e. The summed E-state index contributed by atoms with van der Waals surface area (Å²) in [4.78, 5) is 3.87. The molecular formula is C29H50F2N6. The third-order valence-electron chi connectivity index (χ3n) is 6.43. The average Bonchev–Trinajstić information content (AvgIpc) is 2.93. The number of hydrogen-bond donors (Lipinski definition) is 5. The van der Waals surface area contributed by atoms with Crippen molar-refractivity contribution in [2.75, 3.05) is 46.8 Å². The highest BCUT2D eigenvalue weighted by Crippen LogP contribution is 2.28. The van der Waals surface area contributed by atoms with Crippen LogP contribution in [0.2, 0.25) is 0 Å². The van der Waals surface area contributed by atoms with E-state index in [1.807, 2.05) is 20.9 Å². The Labute approximate surface area is 223 Å². The van der Waals surface area contributed by atoms with Gasteiger partial charge in [-0.15, -0.1) is 0 Å². The average molecular weight is 521 g/mol. The van der Waals surface area contributed by atoms with Crippen LogP contribution in [0.1, 0.15) is 76.0 Å². The molecule has 3 rings (SSSR count). The van der Waals surface area contributed by atoms with Crippen molar-refractivity contribution in [1.82, 2.24) is 21.3 Å². The maximum Gasteiger partial charge on any atom is 0.264 e. The number of nitrogens with two attached hydrogens (primary N) is 1. The second-order valence-corrected chi connectivity index (χ2v) is 9.15. The maximum atomic E-state index is 13.1. The monoisotopic (exact) mass is 520 g/mol. The van der Waals surface area contributed by atoms with Crippen molar-refractivity contribution >= 4 is 11.8 Å². The van der Waals surface area contributed by atoms with Gasteiger partial charge in [0.2, 0.25) is 0 Å². The SMILES string of the molecule is CC.CC1=C(NC2CCNCC2)CCNC1.CN=C/C(=C\N)c1cc(CCCCNC)ccc1C(F)F. The lowest BCUT2D eigenvalue weighted by atomic mass is 9.96. The molecule has 0 unspecified atom stereocenters. The minimum atomic E-state index is -2.53. The summed E-state index contributed by atoms with van der Waals surface area (Å²) in [5.41, 5.74) is 10.5. The van der Waals surface area contributed by atoms with E-state index in [0.29, 0.717) is 17.2 Å². The van der Waals surface area contributed by atoms with Crippen molar-refractivity contribution in [1.29, 1.82) is 0 Å². The van der Waals surface area contributed by atoms with Gasteiger partial charge in [-0.2, -0.15) is 0 Å². The van der Waals surface area contributed by atoms with Crippen LogP contribution in [-0.4, -0.2) is 59.1 Å². The Morgan fingerprint density at radius 3 is 2.49 bits per heavy atom. The van der Waals surface area contributed by atoms with E-state index in [-0.39, 0.29) is 5.56 Å². The van der Waals surface area contributed by atoms with Crippen LogP contribution in [-0.2, 0) is 6.42 Å². The number of halogens is 2. The van der Waals surface area contributed by atoms with Gasteiger partial charge in [-0.3, -0.25) is 4.99 Å². The third kappa shape index (κ3) is 12.2. The van der Waals surface area contributed by atoms with Gasteiger partial charge in [0.05, 0.1) is 0 Å². The summed E-state index contributed by atoms with van der Waals surface area (Å²) < 4.78 is 26.3. The van der Waals surface area contributed by atoms with Gasteiger partial charge in [-0.25, -0.2) is 8.78 Å². The maximum absolute atomic E-state index is 13.1. The van der Waals surface area contributed by atoms with Crippen molar-refractivity contribution in [2.45, 2.75) is 71.8 Å². The van der Waals surface area contributed by atoms with Gasteiger partial charge >= 0.3 is 0 Å². The van der Waals surface area contributed by atoms with Crippen molar-refractivity contribution < 1.29 is 8.78 Å². The number of piperidine rings is 1. The molecule has 0 aromatic heterocycles. The number of hydrogen-bond acceptors (Lipinski definition) is 6. The molecule has 8 heteroatoms. The molecule has 0 bridgehead atoms. The number of aryl methyl sites for hydroxylation is 1. The number of unbranched alkanes of at least 4 members (excludes halogenated alkanes) is 1. The molecule has 0 aliphatic carbocycles. The van der Waals surface area contributed by atoms with Gasteiger partial charge in [0.25, 0.3) is 6.43 Å². The highest BCUT2D eigenvalue weighted by atomic mass is 19.3. The second-order valence-electron chi connectivity index (χ2n) is 9.15. The molecule has 2 heterocycles. The standard InChI is InChI=1S/C16H23F2N3.C11H21N3.C2H6/c1-20-8-4-3-5-12-6-7-14(16(17)18)15(9-12)13(10-19)11-21-2;1-9-8-13-7-4-11(9)14-10-2-5-12-6-3-10;1-2/h6-7,9-11,16,20H,3-5,8,19H2,1-2H3;10,12-14H,2-8H2,1H3;1-2H3/b13-10+,21-11?;;. The number of allylic oxidation sites excluding steroid dienone is 1. The van der Waals surface area contributed by atoms with E-state index in [9.17, 15) is 8.78 Å². The highest BCUT2D eigenvalue weighted by Gasteiger charge is 2.17. The number of nitrogens with one attached hydrogen (secondary N) is 4. The summed E-state index contributed by atoms with van der Waals surface area (Å²) in [5.74, 6) is 0. The molecule has 37 heavy (non-hydrogen) atoms. The summed E-state index contributed by atoms with van der Waals surface area (Å²) in [6, 6.07) is 5.75. The Morgan fingerprint density at radius 1 is 1.16 bits per heavy atom. The molecule has 210 valence electrons. The van der Waals surface area contributed by atoms with Crippen LogP contribution in [0.15, 0.2) is 40.7 Å². The lowest BCUT2D eigenvalue weighted by Gasteiger charge is -2.29. The molecule has 0 radical (unpaired) electrons. The first-order valence-electron chi connectivity index (χ1n) is 13.8. The molecule has 0 saturated carbocycles. The number of rotatable bonds is 10. The van der Waals surface area contributed by atoms with Gasteiger partial charge in [0, 0.05) is 55.4 Å². The molecule has 6 nitrogen and oxygen atoms in total. The lowest BCUT2D eigenvalue weighted by Crippen LogP contribution is -2.41. The molecule has 1 aromatic carbocycles. The summed E-state index contributed by atoms with van der Waals surface area (Å²) >= 11 is 0. The predicted octanol–water partition coefficient (Wildman–Crippen LogP) is 4.79. The highest BCUT2D eigenvalue weighted by molar-refractivity contribution is 6.10. The van der Waals surface area contributed by atoms with Gasteiger partial charge in [-0.1, -0.05) is 32.0 Å². The fourth-order valence-electron chi connectivity index (χ4n) is 4.39. The van der Waals surface area contributed by atoms with Crippen molar-refractivity contribution in [2.24, 2.45) is 10.7 Å². The summed E-state index contributed by atoms with van der Waals surface area (Å²) in [6.45, 7) is 11.7. The molecule has 0 atom stereocenters. The Hall–Kier alpha value is -2.29. The third-order valence-corrected chi connectivity index (χ3v) is 6.43. The predicted molar refractivity (Wildman–Crippen MR) is 155 cm³/mol. The van der Waals surface area contributed by atoms with Gasteiger partial charge < -0.3 is 27.0 Å². The smallest absolute Gasteiger partial charge is 0.264 e. The number of aliphatic imine (C=N–C) groups is 1. The molecule has 1 saturated heterocycles. The summed E-state index contributed by atoms with van der Waals surface area (Å²) in [5, 5.41) is 13.6. The van der Waals surface area contributed by atoms with Gasteiger partial charge in [0.1, 0.15) is 0 Å². The van der Waals surface area contributed by atoms with E-state index in [1.54, 1.807) is 19.2 Å². The number of benzene rings is 1. The van der Waals surface area contributed by atoms with Crippen molar-refractivity contribution in [3.63, 3.8) is 0 Å². The van der Waals surface area contributed by atoms with Crippen LogP contribution in [0.25, 0.3) is 5.57 Å². The van der Waals surface area contributed by atoms with E-state index in [4.69, 9.17) is 5.73 Å². The molecule has 6 N–H and O–H groups in total. The molecule has 1 aromatic rings. The van der Waals surface area contributed by atoms with E-state index in [2.05, 4.69) is 33.2 Å². The topological polar surface area (TPSA) is 86.5 Å². The lowest BCUT2D eigenvalue weighted by molar-refractivity contribution is 0.151. The number of alkyl halides is 2. The van der Waals surface area contributed by atoms with E-state index in [1.165, 1.54) is 62.1 Å². The fourth-order valence-corrected chi connectivity index (χ4v) is 4.39. The van der Waals surface area contributed by atoms with Crippen LogP contribution >= 0.6 is 0 Å². The summed E-state index contributed by atoms with van der Waals surface area (Å²) in [7, 11) is 3.51. The van der Waals surface area contributed by atoms with Crippen LogP contribution in [0.3, 0.4) is 0 Å². The van der Waals surface area contributed by atoms with Crippen molar-refractivity contribution in [3.05, 3.63) is 52.4 Å². The zero-order valence-electron chi connectivity index (χ0n) is 23.6. The van der Waals surface area contributed by atoms with E-state index >= 15 is 0 Å². The molecule has 2 aliphatic heterocycles. The van der Waals surface area contributed by atoms with Crippen LogP contribution in [0.4, 0.5) is 8.78 Å². The molecule has 0 spiro atoms. The first kappa shape index (κ1) is 32.7. The normalized spacial score (nSPS) is 16.8. The Morgan fingerprint density at radius 2 is 1.89 bits per heavy atom. The fraction of sp³-hybridized carbons (Fsp3) is 0.621. The zero-order valence-corrected chi connectivity index (χ0v) is 23.6. The first-order valence-corrected chi connectivity index (χ1v) is 13.8. The molecule has 2 aliphatic rings. The zero-order chi connectivity index (χ0) is 27.5. The molecule has 1 fully saturated rings. The Balaban J connectivity index is 0.000000369. The van der Waals surface area contributed by atoms with E-state index in [0.717, 1.165) is 44.5 Å². The van der Waals surface area contributed by atoms with Crippen LogP contribution in [0, 0.1) is 0 Å². The second kappa shape index (κ2) is 19.8. The number of nitrogens with zero attached hydrogens (tertiary/aromatic N) is 1. The quantitative estimate of drug-likeness (QED) is 0.226. The van der Waals surface area contributed by atoms with Crippen molar-refractivity contribution in [3.8, 4) is 0 Å².